The van der Waals surface area contributed by atoms with Crippen molar-refractivity contribution in [2.24, 2.45) is 0 Å². The van der Waals surface area contributed by atoms with E-state index in [1.165, 1.54) is 0 Å². The Labute approximate surface area is 142 Å². The maximum Gasteiger partial charge on any atom is 0.407 e. The van der Waals surface area contributed by atoms with Crippen molar-refractivity contribution in [1.29, 1.82) is 0 Å². The van der Waals surface area contributed by atoms with Gasteiger partial charge in [0.15, 0.2) is 5.65 Å². The molecule has 1 N–H and O–H groups in total. The molecule has 0 unspecified atom stereocenters. The average molecular weight is 331 g/mol. The van der Waals surface area contributed by atoms with E-state index < -0.39 is 5.60 Å². The van der Waals surface area contributed by atoms with Gasteiger partial charge in [-0.05, 0) is 40.5 Å². The van der Waals surface area contributed by atoms with Crippen LogP contribution in [0, 0.1) is 6.92 Å². The topological polar surface area (TPSA) is 71.8 Å². The highest BCUT2D eigenvalue weighted by Crippen LogP contribution is 2.20. The quantitative estimate of drug-likeness (QED) is 0.915. The highest BCUT2D eigenvalue weighted by atomic mass is 16.6. The highest BCUT2D eigenvalue weighted by Gasteiger charge is 2.24. The molecule has 0 spiro atoms. The molecule has 1 fully saturated rings. The number of fused-ring (bicyclic) bond motifs is 1. The standard InChI is InChI=1S/C17H25N5O2/c1-12-9-19-22-11-14(10-18-15(12)22)21-7-5-13(6-8-21)20-16(23)24-17(2,3)4/h9-11,13H,5-8H2,1-4H3,(H,20,23). The lowest BCUT2D eigenvalue weighted by molar-refractivity contribution is 0.0497. The Morgan fingerprint density at radius 3 is 2.67 bits per heavy atom. The molecule has 2 aromatic rings. The lowest BCUT2D eigenvalue weighted by Gasteiger charge is -2.34. The number of hydrogen-bond acceptors (Lipinski definition) is 5. The van der Waals surface area contributed by atoms with Gasteiger partial charge in [0.2, 0.25) is 0 Å². The van der Waals surface area contributed by atoms with E-state index in [0.29, 0.717) is 0 Å². The first kappa shape index (κ1) is 16.5. The molecule has 0 atom stereocenters. The fourth-order valence-electron chi connectivity index (χ4n) is 2.90. The second-order valence-corrected chi connectivity index (χ2v) is 7.32. The Morgan fingerprint density at radius 2 is 2.00 bits per heavy atom. The number of carbonyl (C=O) groups is 1. The minimum atomic E-state index is -0.465. The fraction of sp³-hybridized carbons (Fsp3) is 0.588. The smallest absolute Gasteiger partial charge is 0.407 e. The third-order valence-electron chi connectivity index (χ3n) is 4.10. The third-order valence-corrected chi connectivity index (χ3v) is 4.10. The summed E-state index contributed by atoms with van der Waals surface area (Å²) < 4.78 is 7.13. The van der Waals surface area contributed by atoms with Crippen LogP contribution in [-0.4, -0.2) is 45.4 Å². The number of aromatic nitrogens is 3. The molecule has 130 valence electrons. The molecule has 2 aromatic heterocycles. The molecule has 3 rings (SSSR count). The molecular weight excluding hydrogens is 306 g/mol. The summed E-state index contributed by atoms with van der Waals surface area (Å²) in [5.74, 6) is 0. The summed E-state index contributed by atoms with van der Waals surface area (Å²) in [5, 5.41) is 7.28. The highest BCUT2D eigenvalue weighted by molar-refractivity contribution is 5.68. The largest absolute Gasteiger partial charge is 0.444 e. The number of rotatable bonds is 2. The van der Waals surface area contributed by atoms with Gasteiger partial charge in [-0.15, -0.1) is 0 Å². The lowest BCUT2D eigenvalue weighted by atomic mass is 10.1. The summed E-state index contributed by atoms with van der Waals surface area (Å²) >= 11 is 0. The first-order chi connectivity index (χ1) is 11.3. The maximum absolute atomic E-state index is 11.9. The van der Waals surface area contributed by atoms with Crippen LogP contribution in [0.4, 0.5) is 10.5 Å². The zero-order valence-corrected chi connectivity index (χ0v) is 14.7. The minimum absolute atomic E-state index is 0.153. The van der Waals surface area contributed by atoms with Gasteiger partial charge in [-0.2, -0.15) is 5.10 Å². The van der Waals surface area contributed by atoms with Crippen LogP contribution in [0.15, 0.2) is 18.6 Å². The van der Waals surface area contributed by atoms with Gasteiger partial charge in [0, 0.05) is 24.7 Å². The van der Waals surface area contributed by atoms with Crippen molar-refractivity contribution in [3.05, 3.63) is 24.2 Å². The number of nitrogens with one attached hydrogen (secondary N) is 1. The van der Waals surface area contributed by atoms with Gasteiger partial charge in [-0.1, -0.05) is 0 Å². The van der Waals surface area contributed by atoms with E-state index in [1.54, 1.807) is 0 Å². The Kier molecular flexibility index (Phi) is 4.34. The monoisotopic (exact) mass is 331 g/mol. The van der Waals surface area contributed by atoms with Crippen LogP contribution in [0.5, 0.6) is 0 Å². The molecule has 24 heavy (non-hydrogen) atoms. The van der Waals surface area contributed by atoms with E-state index >= 15 is 0 Å². The Bertz CT molecular complexity index is 726. The zero-order valence-electron chi connectivity index (χ0n) is 14.7. The molecule has 1 saturated heterocycles. The first-order valence-corrected chi connectivity index (χ1v) is 8.36. The second-order valence-electron chi connectivity index (χ2n) is 7.32. The number of aryl methyl sites for hydroxylation is 1. The SMILES string of the molecule is Cc1cnn2cc(N3CCC(NC(=O)OC(C)(C)C)CC3)cnc12. The normalized spacial score (nSPS) is 16.4. The Hall–Kier alpha value is -2.31. The predicted molar refractivity (Wildman–Crippen MR) is 92.3 cm³/mol. The van der Waals surface area contributed by atoms with Crippen LogP contribution in [0.1, 0.15) is 39.2 Å². The molecule has 0 bridgehead atoms. The molecule has 1 aliphatic heterocycles. The van der Waals surface area contributed by atoms with Crippen molar-refractivity contribution in [1.82, 2.24) is 19.9 Å². The number of nitrogens with zero attached hydrogens (tertiary/aromatic N) is 4. The van der Waals surface area contributed by atoms with E-state index in [2.05, 4.69) is 20.3 Å². The van der Waals surface area contributed by atoms with Crippen molar-refractivity contribution in [3.8, 4) is 0 Å². The van der Waals surface area contributed by atoms with Gasteiger partial charge in [-0.25, -0.2) is 14.3 Å². The summed E-state index contributed by atoms with van der Waals surface area (Å²) in [5.41, 5.74) is 2.55. The first-order valence-electron chi connectivity index (χ1n) is 8.36. The average Bonchev–Trinajstić information content (AvgIpc) is 2.87. The molecule has 7 nitrogen and oxygen atoms in total. The van der Waals surface area contributed by atoms with Crippen molar-refractivity contribution in [2.45, 2.75) is 52.2 Å². The van der Waals surface area contributed by atoms with Crippen LogP contribution in [0.2, 0.25) is 0 Å². The summed E-state index contributed by atoms with van der Waals surface area (Å²) in [4.78, 5) is 18.6. The summed E-state index contributed by atoms with van der Waals surface area (Å²) in [6.45, 7) is 9.35. The second kappa shape index (κ2) is 6.30. The van der Waals surface area contributed by atoms with Crippen LogP contribution in [0.25, 0.3) is 5.65 Å². The van der Waals surface area contributed by atoms with Crippen LogP contribution < -0.4 is 10.2 Å². The van der Waals surface area contributed by atoms with Crippen molar-refractivity contribution >= 4 is 17.4 Å². The Morgan fingerprint density at radius 1 is 1.29 bits per heavy atom. The number of anilines is 1. The van der Waals surface area contributed by atoms with Gasteiger partial charge in [-0.3, -0.25) is 0 Å². The zero-order chi connectivity index (χ0) is 17.3. The van der Waals surface area contributed by atoms with Gasteiger partial charge in [0.1, 0.15) is 5.60 Å². The molecular formula is C17H25N5O2. The Balaban J connectivity index is 1.57. The van der Waals surface area contributed by atoms with E-state index in [0.717, 1.165) is 42.8 Å². The number of ether oxygens (including phenoxy) is 1. The summed E-state index contributed by atoms with van der Waals surface area (Å²) in [6.07, 6.45) is 7.16. The number of piperidine rings is 1. The summed E-state index contributed by atoms with van der Waals surface area (Å²) in [6, 6.07) is 0.153. The van der Waals surface area contributed by atoms with Gasteiger partial charge >= 0.3 is 6.09 Å². The lowest BCUT2D eigenvalue weighted by Crippen LogP contribution is -2.46. The number of alkyl carbamates (subject to hydrolysis) is 1. The van der Waals surface area contributed by atoms with Crippen molar-refractivity contribution in [2.75, 3.05) is 18.0 Å². The van der Waals surface area contributed by atoms with Crippen LogP contribution in [-0.2, 0) is 4.74 Å². The minimum Gasteiger partial charge on any atom is -0.444 e. The molecule has 7 heteroatoms. The number of carbonyl (C=O) groups excluding carboxylic acids is 1. The van der Waals surface area contributed by atoms with Gasteiger partial charge in [0.25, 0.3) is 0 Å². The fourth-order valence-corrected chi connectivity index (χ4v) is 2.90. The van der Waals surface area contributed by atoms with E-state index in [1.807, 2.05) is 50.8 Å². The molecule has 1 amide bonds. The van der Waals surface area contributed by atoms with E-state index in [4.69, 9.17) is 4.74 Å². The van der Waals surface area contributed by atoms with Crippen molar-refractivity contribution < 1.29 is 9.53 Å². The van der Waals surface area contributed by atoms with E-state index in [9.17, 15) is 4.79 Å². The third kappa shape index (κ3) is 3.77. The molecule has 0 saturated carbocycles. The maximum atomic E-state index is 11.9. The van der Waals surface area contributed by atoms with E-state index in [-0.39, 0.29) is 12.1 Å². The van der Waals surface area contributed by atoms with Crippen molar-refractivity contribution in [3.63, 3.8) is 0 Å². The molecule has 0 aliphatic carbocycles. The van der Waals surface area contributed by atoms with Gasteiger partial charge in [0.05, 0.1) is 24.3 Å². The predicted octanol–water partition coefficient (Wildman–Crippen LogP) is 2.53. The molecule has 0 radical (unpaired) electrons. The van der Waals surface area contributed by atoms with Gasteiger partial charge < -0.3 is 15.0 Å². The summed E-state index contributed by atoms with van der Waals surface area (Å²) in [7, 11) is 0. The van der Waals surface area contributed by atoms with Crippen LogP contribution in [0.3, 0.4) is 0 Å². The number of amides is 1. The molecule has 0 aromatic carbocycles. The molecule has 3 heterocycles. The molecule has 1 aliphatic rings. The van der Waals surface area contributed by atoms with Crippen LogP contribution >= 0.6 is 0 Å². The number of hydrogen-bond donors (Lipinski definition) is 1.